The van der Waals surface area contributed by atoms with E-state index >= 15 is 0 Å². The number of ether oxygens (including phenoxy) is 1. The lowest BCUT2D eigenvalue weighted by atomic mass is 10.2. The summed E-state index contributed by atoms with van der Waals surface area (Å²) >= 11 is 13.5. The number of aromatic nitrogens is 2. The molecule has 0 aliphatic carbocycles. The van der Waals surface area contributed by atoms with Crippen molar-refractivity contribution in [3.8, 4) is 0 Å². The highest BCUT2D eigenvalue weighted by Gasteiger charge is 2.15. The summed E-state index contributed by atoms with van der Waals surface area (Å²) in [4.78, 5) is 18.9. The molecule has 28 heavy (non-hydrogen) atoms. The summed E-state index contributed by atoms with van der Waals surface area (Å²) in [5, 5.41) is 2.08. The van der Waals surface area contributed by atoms with Gasteiger partial charge in [-0.15, -0.1) is 0 Å². The summed E-state index contributed by atoms with van der Waals surface area (Å²) < 4.78 is 7.27. The summed E-state index contributed by atoms with van der Waals surface area (Å²) in [6, 6.07) is 13.1. The Labute approximate surface area is 178 Å². The first kappa shape index (κ1) is 21.0. The summed E-state index contributed by atoms with van der Waals surface area (Å²) in [5.41, 5.74) is 2.78. The summed E-state index contributed by atoms with van der Waals surface area (Å²) in [6.07, 6.45) is 0. The number of hydrogen-bond acceptors (Lipinski definition) is 4. The Kier molecular flexibility index (Phi) is 7.24. The number of carbonyl (C=O) groups excluding carboxylic acids is 1. The Morgan fingerprint density at radius 2 is 2.00 bits per heavy atom. The van der Waals surface area contributed by atoms with Crippen molar-refractivity contribution < 1.29 is 9.53 Å². The molecule has 0 spiro atoms. The molecule has 148 valence electrons. The van der Waals surface area contributed by atoms with Gasteiger partial charge in [0.1, 0.15) is 0 Å². The first-order chi connectivity index (χ1) is 13.5. The van der Waals surface area contributed by atoms with E-state index in [1.54, 1.807) is 19.1 Å². The molecule has 0 aliphatic rings. The Morgan fingerprint density at radius 3 is 2.75 bits per heavy atom. The molecule has 0 aliphatic heterocycles. The van der Waals surface area contributed by atoms with Crippen LogP contribution >= 0.6 is 35.0 Å². The highest BCUT2D eigenvalue weighted by Crippen LogP contribution is 2.26. The number of imidazole rings is 1. The normalized spacial score (nSPS) is 11.1. The van der Waals surface area contributed by atoms with Crippen LogP contribution in [0.2, 0.25) is 10.0 Å². The average Bonchev–Trinajstić information content (AvgIpc) is 3.00. The average molecular weight is 438 g/mol. The van der Waals surface area contributed by atoms with Gasteiger partial charge in [-0.1, -0.05) is 47.1 Å². The van der Waals surface area contributed by atoms with Crippen LogP contribution in [0.3, 0.4) is 0 Å². The van der Waals surface area contributed by atoms with E-state index in [9.17, 15) is 4.79 Å². The predicted octanol–water partition coefficient (Wildman–Crippen LogP) is 4.74. The van der Waals surface area contributed by atoms with Crippen LogP contribution in [0, 0.1) is 0 Å². The van der Waals surface area contributed by atoms with Crippen molar-refractivity contribution in [2.24, 2.45) is 0 Å². The van der Waals surface area contributed by atoms with Gasteiger partial charge in [0, 0.05) is 37.3 Å². The minimum Gasteiger partial charge on any atom is -0.383 e. The van der Waals surface area contributed by atoms with Gasteiger partial charge in [-0.3, -0.25) is 4.79 Å². The van der Waals surface area contributed by atoms with Gasteiger partial charge in [0.05, 0.1) is 23.4 Å². The van der Waals surface area contributed by atoms with Crippen LogP contribution in [0.5, 0.6) is 0 Å². The van der Waals surface area contributed by atoms with Gasteiger partial charge in [0.25, 0.3) is 0 Å². The number of fused-ring (bicyclic) bond motifs is 1. The SMILES string of the molecule is COCCn1c(SCC(=O)N(C)Cc2cccc(Cl)c2)nc2cc(Cl)ccc21. The Hall–Kier alpha value is -1.73. The number of halogens is 2. The van der Waals surface area contributed by atoms with E-state index in [1.165, 1.54) is 11.8 Å². The molecular weight excluding hydrogens is 417 g/mol. The van der Waals surface area contributed by atoms with Crippen LogP contribution in [0.1, 0.15) is 5.56 Å². The maximum atomic E-state index is 12.6. The fraction of sp³-hybridized carbons (Fsp3) is 0.300. The van der Waals surface area contributed by atoms with Crippen molar-refractivity contribution in [3.05, 3.63) is 58.1 Å². The lowest BCUT2D eigenvalue weighted by Crippen LogP contribution is -2.27. The first-order valence-corrected chi connectivity index (χ1v) is 10.5. The smallest absolute Gasteiger partial charge is 0.233 e. The van der Waals surface area contributed by atoms with Crippen LogP contribution in [0.15, 0.2) is 47.6 Å². The zero-order valence-corrected chi connectivity index (χ0v) is 18.0. The van der Waals surface area contributed by atoms with Crippen LogP contribution in [0.25, 0.3) is 11.0 Å². The van der Waals surface area contributed by atoms with E-state index in [0.717, 1.165) is 21.8 Å². The molecule has 8 heteroatoms. The van der Waals surface area contributed by atoms with E-state index in [2.05, 4.69) is 9.55 Å². The van der Waals surface area contributed by atoms with Crippen molar-refractivity contribution in [3.63, 3.8) is 0 Å². The van der Waals surface area contributed by atoms with Crippen molar-refractivity contribution >= 4 is 51.9 Å². The molecule has 0 bridgehead atoms. The Bertz CT molecular complexity index is 977. The van der Waals surface area contributed by atoms with Crippen LogP contribution < -0.4 is 0 Å². The molecule has 0 unspecified atom stereocenters. The molecule has 0 saturated heterocycles. The van der Waals surface area contributed by atoms with E-state index in [1.807, 2.05) is 42.5 Å². The quantitative estimate of drug-likeness (QED) is 0.477. The molecular formula is C20H21Cl2N3O2S. The highest BCUT2D eigenvalue weighted by atomic mass is 35.5. The number of methoxy groups -OCH3 is 1. The second-order valence-corrected chi connectivity index (χ2v) is 8.16. The molecule has 0 atom stereocenters. The molecule has 3 rings (SSSR count). The molecule has 0 saturated carbocycles. The van der Waals surface area contributed by atoms with Crippen molar-refractivity contribution in [2.45, 2.75) is 18.2 Å². The number of carbonyl (C=O) groups is 1. The molecule has 2 aromatic carbocycles. The Balaban J connectivity index is 1.70. The van der Waals surface area contributed by atoms with Gasteiger partial charge in [0.15, 0.2) is 5.16 Å². The van der Waals surface area contributed by atoms with Crippen molar-refractivity contribution in [1.82, 2.24) is 14.5 Å². The third-order valence-corrected chi connectivity index (χ3v) is 5.68. The van der Waals surface area contributed by atoms with Gasteiger partial charge in [-0.2, -0.15) is 0 Å². The van der Waals surface area contributed by atoms with Crippen LogP contribution in [0.4, 0.5) is 0 Å². The molecule has 0 radical (unpaired) electrons. The number of thioether (sulfide) groups is 1. The Morgan fingerprint density at radius 1 is 1.21 bits per heavy atom. The second kappa shape index (κ2) is 9.65. The number of rotatable bonds is 8. The van der Waals surface area contributed by atoms with Gasteiger partial charge in [-0.25, -0.2) is 4.98 Å². The van der Waals surface area contributed by atoms with Crippen LogP contribution in [-0.2, 0) is 22.6 Å². The molecule has 0 N–H and O–H groups in total. The molecule has 1 heterocycles. The third-order valence-electron chi connectivity index (χ3n) is 4.25. The number of hydrogen-bond donors (Lipinski definition) is 0. The molecule has 1 amide bonds. The largest absolute Gasteiger partial charge is 0.383 e. The van der Waals surface area contributed by atoms with E-state index in [-0.39, 0.29) is 5.91 Å². The summed E-state index contributed by atoms with van der Waals surface area (Å²) in [6.45, 7) is 1.73. The maximum absolute atomic E-state index is 12.6. The summed E-state index contributed by atoms with van der Waals surface area (Å²) in [7, 11) is 3.45. The van der Waals surface area contributed by atoms with Crippen molar-refractivity contribution in [1.29, 1.82) is 0 Å². The predicted molar refractivity (Wildman–Crippen MR) is 115 cm³/mol. The van der Waals surface area contributed by atoms with Crippen LogP contribution in [-0.4, -0.2) is 46.9 Å². The number of amides is 1. The van der Waals surface area contributed by atoms with E-state index in [0.29, 0.717) is 35.5 Å². The summed E-state index contributed by atoms with van der Waals surface area (Å²) in [5.74, 6) is 0.314. The second-order valence-electron chi connectivity index (χ2n) is 6.34. The topological polar surface area (TPSA) is 47.4 Å². The minimum atomic E-state index is 0.0216. The van der Waals surface area contributed by atoms with Gasteiger partial charge >= 0.3 is 0 Å². The van der Waals surface area contributed by atoms with E-state index in [4.69, 9.17) is 27.9 Å². The molecule has 3 aromatic rings. The highest BCUT2D eigenvalue weighted by molar-refractivity contribution is 7.99. The van der Waals surface area contributed by atoms with Gasteiger partial charge in [-0.05, 0) is 35.9 Å². The minimum absolute atomic E-state index is 0.0216. The van der Waals surface area contributed by atoms with Gasteiger partial charge < -0.3 is 14.2 Å². The van der Waals surface area contributed by atoms with Gasteiger partial charge in [0.2, 0.25) is 5.91 Å². The lowest BCUT2D eigenvalue weighted by molar-refractivity contribution is -0.127. The van der Waals surface area contributed by atoms with Crippen molar-refractivity contribution in [2.75, 3.05) is 26.5 Å². The molecule has 5 nitrogen and oxygen atoms in total. The zero-order valence-electron chi connectivity index (χ0n) is 15.7. The monoisotopic (exact) mass is 437 g/mol. The first-order valence-electron chi connectivity index (χ1n) is 8.74. The zero-order chi connectivity index (χ0) is 20.1. The number of nitrogens with zero attached hydrogens (tertiary/aromatic N) is 3. The fourth-order valence-corrected chi connectivity index (χ4v) is 4.18. The maximum Gasteiger partial charge on any atom is 0.233 e. The molecule has 1 aromatic heterocycles. The third kappa shape index (κ3) is 5.20. The van der Waals surface area contributed by atoms with E-state index < -0.39 is 0 Å². The lowest BCUT2D eigenvalue weighted by Gasteiger charge is -2.17. The standard InChI is InChI=1S/C20H21Cl2N3O2S/c1-24(12-14-4-3-5-15(21)10-14)19(26)13-28-20-23-17-11-16(22)6-7-18(17)25(20)8-9-27-2/h3-7,10-11H,8-9,12-13H2,1-2H3. The fourth-order valence-electron chi connectivity index (χ4n) is 2.82. The molecule has 0 fully saturated rings. The number of benzene rings is 2.